The van der Waals surface area contributed by atoms with Gasteiger partial charge in [0.05, 0.1) is 6.61 Å². The second kappa shape index (κ2) is 3.90. The van der Waals surface area contributed by atoms with E-state index < -0.39 is 0 Å². The van der Waals surface area contributed by atoms with Crippen LogP contribution in [0.5, 0.6) is 0 Å². The van der Waals surface area contributed by atoms with E-state index in [4.69, 9.17) is 22.4 Å². The van der Waals surface area contributed by atoms with Crippen molar-refractivity contribution in [1.82, 2.24) is 0 Å². The Balaban J connectivity index is 3.11. The number of nitrogens with two attached hydrogens (primary N) is 1. The van der Waals surface area contributed by atoms with E-state index in [1.807, 2.05) is 13.0 Å². The van der Waals surface area contributed by atoms with Crippen LogP contribution in [0.1, 0.15) is 24.1 Å². The van der Waals surface area contributed by atoms with Crippen molar-refractivity contribution in [3.8, 4) is 0 Å². The quantitative estimate of drug-likeness (QED) is 0.739. The van der Waals surface area contributed by atoms with Gasteiger partial charge in [-0.3, -0.25) is 0 Å². The lowest BCUT2D eigenvalue weighted by atomic mass is 10.0. The van der Waals surface area contributed by atoms with Gasteiger partial charge in [-0.25, -0.2) is 0 Å². The summed E-state index contributed by atoms with van der Waals surface area (Å²) < 4.78 is 0. The fourth-order valence-corrected chi connectivity index (χ4v) is 1.35. The fourth-order valence-electron chi connectivity index (χ4n) is 1.16. The van der Waals surface area contributed by atoms with Gasteiger partial charge >= 0.3 is 0 Å². The first-order valence-electron chi connectivity index (χ1n) is 3.80. The lowest BCUT2D eigenvalue weighted by molar-refractivity contribution is 0.280. The molecule has 0 fully saturated rings. The van der Waals surface area contributed by atoms with Gasteiger partial charge < -0.3 is 10.8 Å². The first-order valence-corrected chi connectivity index (χ1v) is 4.17. The summed E-state index contributed by atoms with van der Waals surface area (Å²) in [7, 11) is 0. The smallest absolute Gasteiger partial charge is 0.0685 e. The van der Waals surface area contributed by atoms with Crippen molar-refractivity contribution in [2.75, 3.05) is 0 Å². The van der Waals surface area contributed by atoms with E-state index in [2.05, 4.69) is 0 Å². The van der Waals surface area contributed by atoms with Gasteiger partial charge in [-0.2, -0.15) is 0 Å². The van der Waals surface area contributed by atoms with Crippen molar-refractivity contribution in [3.63, 3.8) is 0 Å². The van der Waals surface area contributed by atoms with Crippen LogP contribution in [0.15, 0.2) is 18.2 Å². The molecule has 1 rings (SSSR count). The highest BCUT2D eigenvalue weighted by Crippen LogP contribution is 2.20. The summed E-state index contributed by atoms with van der Waals surface area (Å²) in [5.74, 6) is 0. The number of rotatable bonds is 2. The fraction of sp³-hybridized carbons (Fsp3) is 0.333. The molecule has 0 heterocycles. The second-order valence-corrected chi connectivity index (χ2v) is 3.23. The minimum Gasteiger partial charge on any atom is -0.392 e. The lowest BCUT2D eigenvalue weighted by Gasteiger charge is -2.10. The van der Waals surface area contributed by atoms with Crippen LogP contribution in [-0.4, -0.2) is 5.11 Å². The molecule has 0 aromatic heterocycles. The molecule has 0 aliphatic rings. The standard InChI is InChI=1S/C9H12ClNO/c1-6(11)9-3-2-8(10)4-7(9)5-12/h2-4,6,12H,5,11H2,1H3/t6-/m1/s1. The molecule has 2 nitrogen and oxygen atoms in total. The SMILES string of the molecule is C[C@@H](N)c1ccc(Cl)cc1CO. The normalized spacial score (nSPS) is 13.0. The van der Waals surface area contributed by atoms with Crippen molar-refractivity contribution >= 4 is 11.6 Å². The third-order valence-corrected chi connectivity index (χ3v) is 2.00. The first kappa shape index (κ1) is 9.52. The molecular formula is C9H12ClNO. The van der Waals surface area contributed by atoms with Crippen LogP contribution in [0.4, 0.5) is 0 Å². The van der Waals surface area contributed by atoms with Crippen LogP contribution in [-0.2, 0) is 6.61 Å². The maximum Gasteiger partial charge on any atom is 0.0685 e. The maximum absolute atomic E-state index is 8.98. The number of hydrogen-bond acceptors (Lipinski definition) is 2. The molecule has 0 saturated carbocycles. The monoisotopic (exact) mass is 185 g/mol. The second-order valence-electron chi connectivity index (χ2n) is 2.79. The topological polar surface area (TPSA) is 46.2 Å². The van der Waals surface area contributed by atoms with Gasteiger partial charge in [0, 0.05) is 11.1 Å². The Labute approximate surface area is 77.0 Å². The van der Waals surface area contributed by atoms with Gasteiger partial charge in [0.15, 0.2) is 0 Å². The van der Waals surface area contributed by atoms with Crippen LogP contribution in [0, 0.1) is 0 Å². The Hall–Kier alpha value is -0.570. The summed E-state index contributed by atoms with van der Waals surface area (Å²) in [4.78, 5) is 0. The molecular weight excluding hydrogens is 174 g/mol. The van der Waals surface area contributed by atoms with E-state index in [1.165, 1.54) is 0 Å². The summed E-state index contributed by atoms with van der Waals surface area (Å²) in [6.07, 6.45) is 0. The van der Waals surface area contributed by atoms with E-state index in [1.54, 1.807) is 12.1 Å². The Morgan fingerprint density at radius 2 is 2.25 bits per heavy atom. The van der Waals surface area contributed by atoms with E-state index in [-0.39, 0.29) is 12.6 Å². The first-order chi connectivity index (χ1) is 5.65. The Morgan fingerprint density at radius 3 is 2.75 bits per heavy atom. The highest BCUT2D eigenvalue weighted by Gasteiger charge is 2.05. The van der Waals surface area contributed by atoms with E-state index in [0.717, 1.165) is 11.1 Å². The average Bonchev–Trinajstić information content (AvgIpc) is 2.03. The lowest BCUT2D eigenvalue weighted by Crippen LogP contribution is -2.08. The molecule has 1 atom stereocenters. The molecule has 0 spiro atoms. The number of aliphatic hydroxyl groups excluding tert-OH is 1. The third kappa shape index (κ3) is 1.97. The number of halogens is 1. The summed E-state index contributed by atoms with van der Waals surface area (Å²) in [5.41, 5.74) is 7.44. The van der Waals surface area contributed by atoms with E-state index in [0.29, 0.717) is 5.02 Å². The molecule has 0 saturated heterocycles. The highest BCUT2D eigenvalue weighted by atomic mass is 35.5. The Morgan fingerprint density at radius 1 is 1.58 bits per heavy atom. The third-order valence-electron chi connectivity index (χ3n) is 1.77. The molecule has 0 aliphatic carbocycles. The molecule has 3 N–H and O–H groups in total. The van der Waals surface area contributed by atoms with Crippen molar-refractivity contribution in [2.45, 2.75) is 19.6 Å². The predicted octanol–water partition coefficient (Wildman–Crippen LogP) is 1.85. The minimum absolute atomic E-state index is 0.0164. The minimum atomic E-state index is -0.0654. The summed E-state index contributed by atoms with van der Waals surface area (Å²) >= 11 is 5.75. The van der Waals surface area contributed by atoms with Gasteiger partial charge in [-0.15, -0.1) is 0 Å². The zero-order valence-corrected chi connectivity index (χ0v) is 7.67. The van der Waals surface area contributed by atoms with Crippen molar-refractivity contribution in [1.29, 1.82) is 0 Å². The molecule has 0 aliphatic heterocycles. The van der Waals surface area contributed by atoms with Crippen molar-refractivity contribution in [2.24, 2.45) is 5.73 Å². The number of benzene rings is 1. The van der Waals surface area contributed by atoms with Gasteiger partial charge in [0.2, 0.25) is 0 Å². The summed E-state index contributed by atoms with van der Waals surface area (Å²) in [6, 6.07) is 5.29. The predicted molar refractivity (Wildman–Crippen MR) is 50.0 cm³/mol. The molecule has 3 heteroatoms. The Kier molecular flexibility index (Phi) is 3.09. The molecule has 12 heavy (non-hydrogen) atoms. The zero-order valence-electron chi connectivity index (χ0n) is 6.92. The molecule has 0 bridgehead atoms. The van der Waals surface area contributed by atoms with E-state index in [9.17, 15) is 0 Å². The van der Waals surface area contributed by atoms with Gasteiger partial charge in [0.1, 0.15) is 0 Å². The Bertz CT molecular complexity index is 273. The summed E-state index contributed by atoms with van der Waals surface area (Å²) in [6.45, 7) is 1.86. The molecule has 1 aromatic carbocycles. The van der Waals surface area contributed by atoms with Crippen LogP contribution in [0.2, 0.25) is 5.02 Å². The van der Waals surface area contributed by atoms with Crippen LogP contribution < -0.4 is 5.73 Å². The van der Waals surface area contributed by atoms with Crippen LogP contribution in [0.3, 0.4) is 0 Å². The maximum atomic E-state index is 8.98. The van der Waals surface area contributed by atoms with Crippen molar-refractivity contribution in [3.05, 3.63) is 34.3 Å². The van der Waals surface area contributed by atoms with E-state index >= 15 is 0 Å². The largest absolute Gasteiger partial charge is 0.392 e. The van der Waals surface area contributed by atoms with Gasteiger partial charge in [0.25, 0.3) is 0 Å². The number of hydrogen-bond donors (Lipinski definition) is 2. The zero-order chi connectivity index (χ0) is 9.14. The van der Waals surface area contributed by atoms with Gasteiger partial charge in [-0.1, -0.05) is 17.7 Å². The average molecular weight is 186 g/mol. The van der Waals surface area contributed by atoms with Gasteiger partial charge in [-0.05, 0) is 30.2 Å². The molecule has 1 aromatic rings. The highest BCUT2D eigenvalue weighted by molar-refractivity contribution is 6.30. The summed E-state index contributed by atoms with van der Waals surface area (Å²) in [5, 5.41) is 9.61. The van der Waals surface area contributed by atoms with Crippen LogP contribution >= 0.6 is 11.6 Å². The molecule has 66 valence electrons. The molecule has 0 unspecified atom stereocenters. The molecule has 0 radical (unpaired) electrons. The van der Waals surface area contributed by atoms with Crippen molar-refractivity contribution < 1.29 is 5.11 Å². The number of aliphatic hydroxyl groups is 1. The van der Waals surface area contributed by atoms with Crippen LogP contribution in [0.25, 0.3) is 0 Å². The molecule has 0 amide bonds.